The molecule has 1 aliphatic carbocycles. The van der Waals surface area contributed by atoms with Crippen LogP contribution in [-0.2, 0) is 16.0 Å². The maximum absolute atomic E-state index is 5.37. The zero-order chi connectivity index (χ0) is 16.2. The maximum atomic E-state index is 5.37. The molecule has 0 spiro atoms. The van der Waals surface area contributed by atoms with Gasteiger partial charge in [-0.2, -0.15) is 0 Å². The molecule has 1 atom stereocenters. The molecule has 7 heteroatoms. The maximum Gasteiger partial charge on any atom is 0.198 e. The van der Waals surface area contributed by atoms with Gasteiger partial charge in [0.2, 0.25) is 0 Å². The standard InChI is InChI=1S/C16H16N4O2S/c1-21-13-6-11-12(7-14(13)22-2)19-16(23)20-15(11)18-9-10-4-3-5-17-8-10/h3-8,11H,9H2,1-2H3,(H,18,20,23). The molecule has 2 heterocycles. The van der Waals surface area contributed by atoms with Crippen molar-refractivity contribution >= 4 is 28.9 Å². The van der Waals surface area contributed by atoms with Crippen LogP contribution in [0.5, 0.6) is 0 Å². The second kappa shape index (κ2) is 6.70. The number of rotatable bonds is 4. The lowest BCUT2D eigenvalue weighted by Crippen LogP contribution is -2.43. The summed E-state index contributed by atoms with van der Waals surface area (Å²) in [6.07, 6.45) is 7.28. The molecule has 2 aliphatic rings. The highest BCUT2D eigenvalue weighted by Crippen LogP contribution is 2.25. The number of hydrogen-bond donors (Lipinski definition) is 1. The number of methoxy groups -OCH3 is 2. The van der Waals surface area contributed by atoms with Gasteiger partial charge in [0.15, 0.2) is 16.6 Å². The number of nitrogens with zero attached hydrogens (tertiary/aromatic N) is 3. The Morgan fingerprint density at radius 1 is 1.30 bits per heavy atom. The summed E-state index contributed by atoms with van der Waals surface area (Å²) >= 11 is 5.20. The summed E-state index contributed by atoms with van der Waals surface area (Å²) in [5.74, 6) is 1.89. The lowest BCUT2D eigenvalue weighted by molar-refractivity contribution is 0.218. The second-order valence-corrected chi connectivity index (χ2v) is 5.34. The summed E-state index contributed by atoms with van der Waals surface area (Å²) in [6.45, 7) is 0.513. The van der Waals surface area contributed by atoms with Crippen LogP contribution in [0.25, 0.3) is 0 Å². The number of aromatic nitrogens is 1. The molecule has 0 saturated carbocycles. The summed E-state index contributed by atoms with van der Waals surface area (Å²) in [7, 11) is 3.20. The van der Waals surface area contributed by atoms with Crippen LogP contribution in [0.15, 0.2) is 58.2 Å². The van der Waals surface area contributed by atoms with Crippen LogP contribution in [-0.4, -0.2) is 35.9 Å². The van der Waals surface area contributed by atoms with E-state index in [4.69, 9.17) is 21.7 Å². The van der Waals surface area contributed by atoms with Crippen LogP contribution < -0.4 is 5.32 Å². The van der Waals surface area contributed by atoms with Crippen LogP contribution in [0.1, 0.15) is 5.56 Å². The van der Waals surface area contributed by atoms with Gasteiger partial charge >= 0.3 is 0 Å². The van der Waals surface area contributed by atoms with E-state index in [1.54, 1.807) is 26.6 Å². The minimum Gasteiger partial charge on any atom is -0.493 e. The van der Waals surface area contributed by atoms with Crippen LogP contribution in [0.4, 0.5) is 0 Å². The highest BCUT2D eigenvalue weighted by atomic mass is 32.1. The summed E-state index contributed by atoms with van der Waals surface area (Å²) < 4.78 is 10.7. The van der Waals surface area contributed by atoms with Crippen molar-refractivity contribution in [2.45, 2.75) is 6.54 Å². The van der Waals surface area contributed by atoms with Crippen molar-refractivity contribution < 1.29 is 9.47 Å². The molecule has 6 nitrogen and oxygen atoms in total. The van der Waals surface area contributed by atoms with Gasteiger partial charge in [0.25, 0.3) is 0 Å². The van der Waals surface area contributed by atoms with Gasteiger partial charge in [-0.25, -0.2) is 4.99 Å². The van der Waals surface area contributed by atoms with Crippen molar-refractivity contribution in [2.75, 3.05) is 14.2 Å². The van der Waals surface area contributed by atoms with Crippen molar-refractivity contribution in [2.24, 2.45) is 15.9 Å². The third kappa shape index (κ3) is 3.29. The number of ether oxygens (including phenoxy) is 2. The predicted octanol–water partition coefficient (Wildman–Crippen LogP) is 2.00. The molecule has 0 aromatic carbocycles. The monoisotopic (exact) mass is 328 g/mol. The van der Waals surface area contributed by atoms with Crippen molar-refractivity contribution in [3.8, 4) is 0 Å². The van der Waals surface area contributed by atoms with Gasteiger partial charge in [-0.1, -0.05) is 6.07 Å². The highest BCUT2D eigenvalue weighted by Gasteiger charge is 2.30. The zero-order valence-electron chi connectivity index (χ0n) is 12.8. The Bertz CT molecular complexity index is 738. The van der Waals surface area contributed by atoms with E-state index in [9.17, 15) is 0 Å². The Kier molecular flexibility index (Phi) is 4.47. The highest BCUT2D eigenvalue weighted by molar-refractivity contribution is 7.80. The Hall–Kier alpha value is -2.54. The fourth-order valence-electron chi connectivity index (χ4n) is 2.40. The van der Waals surface area contributed by atoms with Gasteiger partial charge in [-0.05, 0) is 29.9 Å². The number of aliphatic imine (C=N–C) groups is 2. The van der Waals surface area contributed by atoms with Crippen LogP contribution >= 0.6 is 12.2 Å². The Morgan fingerprint density at radius 3 is 2.83 bits per heavy atom. The van der Waals surface area contributed by atoms with Gasteiger partial charge < -0.3 is 14.8 Å². The number of hydrogen-bond acceptors (Lipinski definition) is 5. The first-order chi connectivity index (χ1) is 11.2. The molecule has 23 heavy (non-hydrogen) atoms. The van der Waals surface area contributed by atoms with Gasteiger partial charge in [0.05, 0.1) is 32.4 Å². The molecule has 118 valence electrons. The predicted molar refractivity (Wildman–Crippen MR) is 92.2 cm³/mol. The van der Waals surface area contributed by atoms with E-state index in [2.05, 4.69) is 20.3 Å². The van der Waals surface area contributed by atoms with Crippen LogP contribution in [0, 0.1) is 5.92 Å². The lowest BCUT2D eigenvalue weighted by atomic mass is 9.94. The lowest BCUT2D eigenvalue weighted by Gasteiger charge is -2.27. The molecular formula is C16H16N4O2S. The largest absolute Gasteiger partial charge is 0.493 e. The molecule has 0 fully saturated rings. The number of thiocarbonyl (C=S) groups is 1. The molecule has 0 radical (unpaired) electrons. The fourth-order valence-corrected chi connectivity index (χ4v) is 2.61. The molecule has 1 aliphatic heterocycles. The smallest absolute Gasteiger partial charge is 0.198 e. The first-order valence-electron chi connectivity index (χ1n) is 7.06. The normalized spacial score (nSPS) is 21.7. The topological polar surface area (TPSA) is 68.1 Å². The van der Waals surface area contributed by atoms with Gasteiger partial charge in [0.1, 0.15) is 5.84 Å². The zero-order valence-corrected chi connectivity index (χ0v) is 13.6. The third-order valence-corrected chi connectivity index (χ3v) is 3.71. The van der Waals surface area contributed by atoms with Crippen LogP contribution in [0.3, 0.4) is 0 Å². The van der Waals surface area contributed by atoms with Crippen molar-refractivity contribution in [1.29, 1.82) is 0 Å². The number of nitrogens with one attached hydrogen (secondary N) is 1. The average molecular weight is 328 g/mol. The molecule has 0 bridgehead atoms. The summed E-state index contributed by atoms with van der Waals surface area (Å²) in [6, 6.07) is 3.87. The first-order valence-corrected chi connectivity index (χ1v) is 7.46. The molecule has 0 amide bonds. The Balaban J connectivity index is 1.91. The minimum absolute atomic E-state index is 0.132. The fraction of sp³-hybridized carbons (Fsp3) is 0.250. The van der Waals surface area contributed by atoms with Crippen molar-refractivity contribution in [3.05, 3.63) is 53.8 Å². The van der Waals surface area contributed by atoms with Gasteiger partial charge in [-0.3, -0.25) is 9.98 Å². The molecule has 1 N–H and O–H groups in total. The summed E-state index contributed by atoms with van der Waals surface area (Å²) in [4.78, 5) is 13.1. The minimum atomic E-state index is -0.132. The van der Waals surface area contributed by atoms with E-state index in [-0.39, 0.29) is 5.92 Å². The number of pyridine rings is 1. The second-order valence-electron chi connectivity index (χ2n) is 4.95. The number of fused-ring (bicyclic) bond motifs is 1. The van der Waals surface area contributed by atoms with Gasteiger partial charge in [0, 0.05) is 18.5 Å². The van der Waals surface area contributed by atoms with E-state index in [0.717, 1.165) is 17.1 Å². The first kappa shape index (κ1) is 15.4. The molecule has 3 rings (SSSR count). The molecule has 0 saturated heterocycles. The SMILES string of the molecule is COC1=CC2=NC(=S)NC(=NCc3cccnc3)C2C=C1OC. The van der Waals surface area contributed by atoms with Crippen molar-refractivity contribution in [1.82, 2.24) is 10.3 Å². The number of amidine groups is 1. The van der Waals surface area contributed by atoms with E-state index < -0.39 is 0 Å². The quantitative estimate of drug-likeness (QED) is 0.856. The van der Waals surface area contributed by atoms with Crippen molar-refractivity contribution in [3.63, 3.8) is 0 Å². The Labute approximate surface area is 139 Å². The van der Waals surface area contributed by atoms with E-state index >= 15 is 0 Å². The van der Waals surface area contributed by atoms with Gasteiger partial charge in [-0.15, -0.1) is 0 Å². The average Bonchev–Trinajstić information content (AvgIpc) is 2.59. The summed E-state index contributed by atoms with van der Waals surface area (Å²) in [5, 5.41) is 3.46. The van der Waals surface area contributed by atoms with Crippen LogP contribution in [0.2, 0.25) is 0 Å². The molecular weight excluding hydrogens is 312 g/mol. The molecule has 1 unspecified atom stereocenters. The molecule has 1 aromatic heterocycles. The molecule has 1 aromatic rings. The summed E-state index contributed by atoms with van der Waals surface area (Å²) in [5.41, 5.74) is 1.81. The van der Waals surface area contributed by atoms with E-state index in [1.807, 2.05) is 24.3 Å². The van der Waals surface area contributed by atoms with E-state index in [0.29, 0.717) is 23.2 Å². The number of allylic oxidation sites excluding steroid dienone is 1. The third-order valence-electron chi connectivity index (χ3n) is 3.51. The van der Waals surface area contributed by atoms with E-state index in [1.165, 1.54) is 0 Å². The Morgan fingerprint density at radius 2 is 2.13 bits per heavy atom.